The van der Waals surface area contributed by atoms with Crippen molar-refractivity contribution in [2.24, 2.45) is 0 Å². The Morgan fingerprint density at radius 1 is 0.588 bits per heavy atom. The van der Waals surface area contributed by atoms with E-state index in [2.05, 4.69) is 46.3 Å². The molecule has 0 aromatic carbocycles. The molecular formula is C44H65N13O11. The number of ether oxygens (including phenoxy) is 2. The maximum absolute atomic E-state index is 13.1. The molecule has 0 saturated carbocycles. The second-order valence-electron chi connectivity index (χ2n) is 17.5. The van der Waals surface area contributed by atoms with Crippen LogP contribution in [-0.2, 0) is 38.2 Å². The van der Waals surface area contributed by atoms with Crippen LogP contribution in [0.2, 0.25) is 0 Å². The minimum Gasteiger partial charge on any atom is -0.480 e. The lowest BCUT2D eigenvalue weighted by Gasteiger charge is -2.33. The monoisotopic (exact) mass is 951 g/mol. The van der Waals surface area contributed by atoms with Crippen LogP contribution in [0.15, 0.2) is 42.7 Å². The van der Waals surface area contributed by atoms with Gasteiger partial charge in [0.25, 0.3) is 0 Å². The molecule has 3 amide bonds. The molecule has 1 fully saturated rings. The van der Waals surface area contributed by atoms with Gasteiger partial charge in [0.05, 0.1) is 62.5 Å². The van der Waals surface area contributed by atoms with Gasteiger partial charge in [-0.25, -0.2) is 0 Å². The van der Waals surface area contributed by atoms with E-state index in [1.807, 2.05) is 38.7 Å². The number of hydrogen-bond acceptors (Lipinski definition) is 18. The third-order valence-corrected chi connectivity index (χ3v) is 10.6. The van der Waals surface area contributed by atoms with E-state index in [-0.39, 0.29) is 114 Å². The molecule has 0 radical (unpaired) electrons. The number of carboxylic acid groups (broad SMARTS) is 3. The first-order valence-corrected chi connectivity index (χ1v) is 22.5. The summed E-state index contributed by atoms with van der Waals surface area (Å²) in [7, 11) is 0. The van der Waals surface area contributed by atoms with E-state index in [0.29, 0.717) is 62.6 Å². The van der Waals surface area contributed by atoms with Crippen molar-refractivity contribution in [3.63, 3.8) is 0 Å². The lowest BCUT2D eigenvalue weighted by Crippen LogP contribution is -2.50. The molecule has 372 valence electrons. The van der Waals surface area contributed by atoms with Gasteiger partial charge >= 0.3 is 17.9 Å². The lowest BCUT2D eigenvalue weighted by atomic mass is 10.0. The number of nitrogens with one attached hydrogen (secondary N) is 3. The van der Waals surface area contributed by atoms with Crippen molar-refractivity contribution in [3.8, 4) is 23.0 Å². The Hall–Kier alpha value is -6.18. The fraction of sp³-hybridized carbons (Fsp3) is 0.591. The molecule has 1 saturated heterocycles. The van der Waals surface area contributed by atoms with Gasteiger partial charge in [-0.3, -0.25) is 58.3 Å². The van der Waals surface area contributed by atoms with E-state index >= 15 is 0 Å². The fourth-order valence-electron chi connectivity index (χ4n) is 6.80. The predicted octanol–water partition coefficient (Wildman–Crippen LogP) is 0.188. The summed E-state index contributed by atoms with van der Waals surface area (Å²) in [6.07, 6.45) is 4.19. The van der Waals surface area contributed by atoms with Gasteiger partial charge in [0, 0.05) is 84.5 Å². The standard InChI is InChI=1S/C44H65N13O11/c1-43(2,13-15-46-37(60)27-54-17-19-55(28-38(61)62)21-23-57(30-40(65)66)24-22-56(20-18-54)29-39(63)64)68-31-44(3,4)67-25-16-47-35(58)9-7-10-36(59)49-32-11-12-34(48-26-32)42-52-50-41(51-53-42)33-8-5-6-14-45-33/h5-6,8,11-12,14,26H,7,9-10,13,15-25,27-31H2,1-4H3,(H,46,60)(H,47,58)(H,49,59)(H,61,62)(H,63,64)(H,65,66). The third kappa shape index (κ3) is 21.6. The molecule has 0 atom stereocenters. The number of carboxylic acids is 3. The van der Waals surface area contributed by atoms with E-state index in [4.69, 9.17) is 9.47 Å². The van der Waals surface area contributed by atoms with Gasteiger partial charge in [-0.05, 0) is 64.8 Å². The molecular weight excluding hydrogens is 887 g/mol. The number of aromatic nitrogens is 6. The highest BCUT2D eigenvalue weighted by Crippen LogP contribution is 2.19. The summed E-state index contributed by atoms with van der Waals surface area (Å²) >= 11 is 0. The highest BCUT2D eigenvalue weighted by atomic mass is 16.6. The minimum absolute atomic E-state index is 0.00765. The molecule has 0 unspecified atom stereocenters. The normalized spacial score (nSPS) is 15.1. The number of carbonyl (C=O) groups excluding carboxylic acids is 3. The summed E-state index contributed by atoms with van der Waals surface area (Å²) in [6.45, 7) is 10.3. The van der Waals surface area contributed by atoms with E-state index in [9.17, 15) is 44.1 Å². The molecule has 3 aromatic heterocycles. The zero-order valence-electron chi connectivity index (χ0n) is 39.3. The van der Waals surface area contributed by atoms with E-state index < -0.39 is 29.1 Å². The van der Waals surface area contributed by atoms with Gasteiger partial charge < -0.3 is 40.7 Å². The average Bonchev–Trinajstić information content (AvgIpc) is 3.28. The Balaban J connectivity index is 1.10. The zero-order valence-corrected chi connectivity index (χ0v) is 39.3. The van der Waals surface area contributed by atoms with Gasteiger partial charge in [0.15, 0.2) is 0 Å². The first-order valence-electron chi connectivity index (χ1n) is 22.5. The van der Waals surface area contributed by atoms with Gasteiger partial charge in [-0.2, -0.15) is 0 Å². The Labute approximate surface area is 395 Å². The molecule has 4 rings (SSSR count). The first-order chi connectivity index (χ1) is 32.3. The summed E-state index contributed by atoms with van der Waals surface area (Å²) < 4.78 is 12.2. The van der Waals surface area contributed by atoms with Crippen molar-refractivity contribution in [1.29, 1.82) is 0 Å². The highest BCUT2D eigenvalue weighted by molar-refractivity contribution is 5.91. The molecule has 0 aliphatic carbocycles. The predicted molar refractivity (Wildman–Crippen MR) is 246 cm³/mol. The number of nitrogens with zero attached hydrogens (tertiary/aromatic N) is 10. The Morgan fingerprint density at radius 2 is 1.09 bits per heavy atom. The van der Waals surface area contributed by atoms with Crippen LogP contribution >= 0.6 is 0 Å². The Morgan fingerprint density at radius 3 is 1.57 bits per heavy atom. The summed E-state index contributed by atoms with van der Waals surface area (Å²) in [5.74, 6) is -3.31. The van der Waals surface area contributed by atoms with Crippen LogP contribution in [-0.4, -0.2) is 217 Å². The molecule has 3 aromatic rings. The average molecular weight is 952 g/mol. The van der Waals surface area contributed by atoms with Crippen molar-refractivity contribution in [2.75, 3.05) is 110 Å². The third-order valence-electron chi connectivity index (χ3n) is 10.6. The molecule has 4 heterocycles. The second kappa shape index (κ2) is 27.6. The van der Waals surface area contributed by atoms with Crippen LogP contribution in [0.25, 0.3) is 23.0 Å². The molecule has 1 aliphatic rings. The quantitative estimate of drug-likeness (QED) is 0.0618. The lowest BCUT2D eigenvalue weighted by molar-refractivity contribution is -0.140. The topological polar surface area (TPSA) is 308 Å². The van der Waals surface area contributed by atoms with Crippen molar-refractivity contribution >= 4 is 41.3 Å². The number of aliphatic carboxylic acids is 3. The van der Waals surface area contributed by atoms with Crippen molar-refractivity contribution < 1.29 is 53.6 Å². The van der Waals surface area contributed by atoms with E-state index in [1.54, 1.807) is 45.2 Å². The second-order valence-corrected chi connectivity index (χ2v) is 17.5. The first kappa shape index (κ1) is 54.4. The van der Waals surface area contributed by atoms with Crippen LogP contribution in [0.3, 0.4) is 0 Å². The van der Waals surface area contributed by atoms with Gasteiger partial charge in [0.2, 0.25) is 29.4 Å². The Bertz CT molecular complexity index is 2050. The van der Waals surface area contributed by atoms with E-state index in [0.717, 1.165) is 0 Å². The van der Waals surface area contributed by atoms with Crippen LogP contribution in [0.5, 0.6) is 0 Å². The fourth-order valence-corrected chi connectivity index (χ4v) is 6.80. The smallest absolute Gasteiger partial charge is 0.317 e. The minimum atomic E-state index is -1.03. The molecule has 0 spiro atoms. The molecule has 24 nitrogen and oxygen atoms in total. The van der Waals surface area contributed by atoms with Crippen LogP contribution in [0.4, 0.5) is 5.69 Å². The number of rotatable bonds is 25. The number of hydrogen-bond donors (Lipinski definition) is 6. The molecule has 68 heavy (non-hydrogen) atoms. The van der Waals surface area contributed by atoms with E-state index in [1.165, 1.54) is 6.20 Å². The van der Waals surface area contributed by atoms with Gasteiger partial charge in [-0.15, -0.1) is 20.4 Å². The summed E-state index contributed by atoms with van der Waals surface area (Å²) in [4.78, 5) is 88.1. The van der Waals surface area contributed by atoms with Gasteiger partial charge in [0.1, 0.15) is 11.4 Å². The number of amides is 3. The Kier molecular flexibility index (Phi) is 22.1. The molecule has 24 heteroatoms. The van der Waals surface area contributed by atoms with Crippen molar-refractivity contribution in [2.45, 2.75) is 64.6 Å². The summed E-state index contributed by atoms with van der Waals surface area (Å²) in [5, 5.41) is 53.1. The number of anilines is 1. The number of carbonyl (C=O) groups is 6. The SMILES string of the molecule is CC(C)(CCNC(=O)CN1CCN(CC(=O)O)CCN(CC(=O)O)CCN(CC(=O)O)CC1)OCC(C)(C)OCCNC(=O)CCCC(=O)Nc1ccc(-c2nnc(-c3ccccn3)nn2)nc1. The number of pyridine rings is 2. The zero-order chi connectivity index (χ0) is 49.5. The van der Waals surface area contributed by atoms with Crippen molar-refractivity contribution in [3.05, 3.63) is 42.7 Å². The summed E-state index contributed by atoms with van der Waals surface area (Å²) in [5.41, 5.74) is 0.112. The van der Waals surface area contributed by atoms with Crippen LogP contribution < -0.4 is 16.0 Å². The molecule has 0 bridgehead atoms. The maximum atomic E-state index is 13.1. The molecule has 1 aliphatic heterocycles. The van der Waals surface area contributed by atoms with Crippen LogP contribution in [0.1, 0.15) is 53.4 Å². The highest BCUT2D eigenvalue weighted by Gasteiger charge is 2.27. The summed E-state index contributed by atoms with van der Waals surface area (Å²) in [6, 6.07) is 8.64. The maximum Gasteiger partial charge on any atom is 0.317 e. The largest absolute Gasteiger partial charge is 0.480 e. The van der Waals surface area contributed by atoms with Crippen LogP contribution in [0, 0.1) is 0 Å². The van der Waals surface area contributed by atoms with Gasteiger partial charge in [-0.1, -0.05) is 6.07 Å². The van der Waals surface area contributed by atoms with Crippen molar-refractivity contribution in [1.82, 2.24) is 60.6 Å². The molecule has 6 N–H and O–H groups in total.